The first-order chi connectivity index (χ1) is 11.6. The van der Waals surface area contributed by atoms with Gasteiger partial charge in [-0.05, 0) is 75.2 Å². The number of carbonyl (C=O) groups excluding carboxylic acids is 1. The Labute approximate surface area is 144 Å². The fraction of sp³-hybridized carbons (Fsp3) is 0.450. The summed E-state index contributed by atoms with van der Waals surface area (Å²) in [5.74, 6) is 0.841. The second-order valence-electron chi connectivity index (χ2n) is 6.91. The molecule has 1 atom stereocenters. The number of hydrogen-bond donors (Lipinski definition) is 1. The van der Waals surface area contributed by atoms with Gasteiger partial charge in [0.25, 0.3) is 5.91 Å². The lowest BCUT2D eigenvalue weighted by atomic mass is 9.98. The van der Waals surface area contributed by atoms with Gasteiger partial charge in [0.1, 0.15) is 0 Å². The third kappa shape index (κ3) is 4.06. The van der Waals surface area contributed by atoms with Gasteiger partial charge in [0.15, 0.2) is 0 Å². The van der Waals surface area contributed by atoms with Crippen molar-refractivity contribution in [2.24, 2.45) is 5.92 Å². The molecule has 1 aliphatic heterocycles. The first kappa shape index (κ1) is 16.8. The van der Waals surface area contributed by atoms with Crippen molar-refractivity contribution in [3.8, 4) is 5.69 Å². The number of rotatable bonds is 5. The number of benzene rings is 1. The highest BCUT2D eigenvalue weighted by atomic mass is 16.1. The van der Waals surface area contributed by atoms with Crippen LogP contribution in [-0.4, -0.2) is 41.1 Å². The van der Waals surface area contributed by atoms with E-state index in [1.165, 1.54) is 12.8 Å². The molecular formula is C20H27N3O. The molecule has 1 aromatic heterocycles. The molecule has 1 aromatic carbocycles. The minimum Gasteiger partial charge on any atom is -0.350 e. The molecule has 2 aromatic rings. The van der Waals surface area contributed by atoms with Crippen LogP contribution >= 0.6 is 0 Å². The van der Waals surface area contributed by atoms with E-state index in [-0.39, 0.29) is 5.91 Å². The number of nitrogens with zero attached hydrogens (tertiary/aromatic N) is 2. The number of piperidine rings is 1. The van der Waals surface area contributed by atoms with Gasteiger partial charge in [-0.15, -0.1) is 0 Å². The zero-order chi connectivity index (χ0) is 16.9. The second-order valence-corrected chi connectivity index (χ2v) is 6.91. The molecule has 0 saturated carbocycles. The largest absolute Gasteiger partial charge is 0.350 e. The van der Waals surface area contributed by atoms with E-state index in [0.29, 0.717) is 18.2 Å². The number of amides is 1. The van der Waals surface area contributed by atoms with Crippen molar-refractivity contribution in [1.82, 2.24) is 14.8 Å². The van der Waals surface area contributed by atoms with Crippen LogP contribution in [0.15, 0.2) is 48.8 Å². The zero-order valence-electron chi connectivity index (χ0n) is 14.6. The lowest BCUT2D eigenvalue weighted by molar-refractivity contribution is 0.0921. The van der Waals surface area contributed by atoms with Gasteiger partial charge in [-0.1, -0.05) is 6.92 Å². The highest BCUT2D eigenvalue weighted by Crippen LogP contribution is 2.17. The number of nitrogens with one attached hydrogen (secondary N) is 1. The van der Waals surface area contributed by atoms with Crippen LogP contribution in [-0.2, 0) is 0 Å². The van der Waals surface area contributed by atoms with Crippen molar-refractivity contribution in [3.63, 3.8) is 0 Å². The first-order valence-electron chi connectivity index (χ1n) is 8.89. The Balaban J connectivity index is 1.51. The predicted octanol–water partition coefficient (Wildman–Crippen LogP) is 3.33. The quantitative estimate of drug-likeness (QED) is 0.915. The van der Waals surface area contributed by atoms with Crippen LogP contribution in [0.2, 0.25) is 0 Å². The molecule has 1 amide bonds. The summed E-state index contributed by atoms with van der Waals surface area (Å²) in [5.41, 5.74) is 1.78. The minimum atomic E-state index is 0.00582. The van der Waals surface area contributed by atoms with E-state index in [4.69, 9.17) is 0 Å². The summed E-state index contributed by atoms with van der Waals surface area (Å²) in [6, 6.07) is 12.1. The SMILES string of the molecule is CC1CCN(C(C)CNC(=O)c2ccc(-n3cccc3)cc2)CC1. The van der Waals surface area contributed by atoms with Crippen LogP contribution in [0.25, 0.3) is 5.69 Å². The minimum absolute atomic E-state index is 0.00582. The smallest absolute Gasteiger partial charge is 0.251 e. The van der Waals surface area contributed by atoms with Crippen LogP contribution in [0.4, 0.5) is 0 Å². The zero-order valence-corrected chi connectivity index (χ0v) is 14.6. The third-order valence-electron chi connectivity index (χ3n) is 5.03. The van der Waals surface area contributed by atoms with Gasteiger partial charge in [0, 0.05) is 36.2 Å². The predicted molar refractivity (Wildman–Crippen MR) is 97.5 cm³/mol. The van der Waals surface area contributed by atoms with Crippen molar-refractivity contribution >= 4 is 5.91 Å². The number of hydrogen-bond acceptors (Lipinski definition) is 2. The van der Waals surface area contributed by atoms with E-state index in [1.54, 1.807) is 0 Å². The van der Waals surface area contributed by atoms with E-state index in [0.717, 1.165) is 24.7 Å². The van der Waals surface area contributed by atoms with Crippen LogP contribution in [0, 0.1) is 5.92 Å². The molecular weight excluding hydrogens is 298 g/mol. The summed E-state index contributed by atoms with van der Waals surface area (Å²) < 4.78 is 2.03. The molecule has 0 radical (unpaired) electrons. The fourth-order valence-electron chi connectivity index (χ4n) is 3.23. The first-order valence-corrected chi connectivity index (χ1v) is 8.89. The number of aromatic nitrogens is 1. The van der Waals surface area contributed by atoms with E-state index in [2.05, 4.69) is 24.1 Å². The highest BCUT2D eigenvalue weighted by molar-refractivity contribution is 5.94. The Morgan fingerprint density at radius 2 is 1.79 bits per heavy atom. The Hall–Kier alpha value is -2.07. The van der Waals surface area contributed by atoms with E-state index in [1.807, 2.05) is 53.4 Å². The molecule has 1 aliphatic rings. The average Bonchev–Trinajstić information content (AvgIpc) is 3.15. The molecule has 1 N–H and O–H groups in total. The summed E-state index contributed by atoms with van der Waals surface area (Å²) >= 11 is 0. The van der Waals surface area contributed by atoms with Gasteiger partial charge in [-0.25, -0.2) is 0 Å². The third-order valence-corrected chi connectivity index (χ3v) is 5.03. The number of likely N-dealkylation sites (tertiary alicyclic amines) is 1. The topological polar surface area (TPSA) is 37.3 Å². The number of carbonyl (C=O) groups is 1. The molecule has 128 valence electrons. The molecule has 24 heavy (non-hydrogen) atoms. The summed E-state index contributed by atoms with van der Waals surface area (Å²) in [4.78, 5) is 14.8. The monoisotopic (exact) mass is 325 g/mol. The summed E-state index contributed by atoms with van der Waals surface area (Å²) in [7, 11) is 0. The van der Waals surface area contributed by atoms with Gasteiger partial charge in [0.05, 0.1) is 0 Å². The summed E-state index contributed by atoms with van der Waals surface area (Å²) in [5, 5.41) is 3.07. The van der Waals surface area contributed by atoms with Crippen molar-refractivity contribution < 1.29 is 4.79 Å². The summed E-state index contributed by atoms with van der Waals surface area (Å²) in [6.45, 7) is 7.51. The fourth-order valence-corrected chi connectivity index (χ4v) is 3.23. The standard InChI is InChI=1S/C20H27N3O/c1-16-9-13-22(14-10-16)17(2)15-21-20(24)18-5-7-19(8-6-18)23-11-3-4-12-23/h3-8,11-12,16-17H,9-10,13-15H2,1-2H3,(H,21,24). The van der Waals surface area contributed by atoms with Gasteiger partial charge in [0.2, 0.25) is 0 Å². The van der Waals surface area contributed by atoms with Gasteiger partial charge < -0.3 is 9.88 Å². The van der Waals surface area contributed by atoms with E-state index in [9.17, 15) is 4.79 Å². The van der Waals surface area contributed by atoms with Gasteiger partial charge in [-0.3, -0.25) is 9.69 Å². The van der Waals surface area contributed by atoms with Crippen molar-refractivity contribution in [2.75, 3.05) is 19.6 Å². The Bertz CT molecular complexity index is 640. The second kappa shape index (κ2) is 7.67. The van der Waals surface area contributed by atoms with Crippen molar-refractivity contribution in [1.29, 1.82) is 0 Å². The molecule has 1 unspecified atom stereocenters. The van der Waals surface area contributed by atoms with Gasteiger partial charge in [-0.2, -0.15) is 0 Å². The Morgan fingerprint density at radius 1 is 1.17 bits per heavy atom. The Kier molecular flexibility index (Phi) is 5.36. The normalized spacial score (nSPS) is 17.6. The van der Waals surface area contributed by atoms with E-state index < -0.39 is 0 Å². The molecule has 1 saturated heterocycles. The van der Waals surface area contributed by atoms with Crippen LogP contribution < -0.4 is 5.32 Å². The summed E-state index contributed by atoms with van der Waals surface area (Å²) in [6.07, 6.45) is 6.52. The molecule has 2 heterocycles. The van der Waals surface area contributed by atoms with Crippen LogP contribution in [0.1, 0.15) is 37.0 Å². The molecule has 0 bridgehead atoms. The molecule has 3 rings (SSSR count). The maximum atomic E-state index is 12.3. The molecule has 4 nitrogen and oxygen atoms in total. The lowest BCUT2D eigenvalue weighted by Crippen LogP contribution is -2.45. The highest BCUT2D eigenvalue weighted by Gasteiger charge is 2.20. The molecule has 0 aliphatic carbocycles. The van der Waals surface area contributed by atoms with Crippen molar-refractivity contribution in [2.45, 2.75) is 32.7 Å². The Morgan fingerprint density at radius 3 is 2.42 bits per heavy atom. The lowest BCUT2D eigenvalue weighted by Gasteiger charge is -2.35. The van der Waals surface area contributed by atoms with Crippen molar-refractivity contribution in [3.05, 3.63) is 54.4 Å². The molecule has 0 spiro atoms. The van der Waals surface area contributed by atoms with Crippen LogP contribution in [0.5, 0.6) is 0 Å². The maximum Gasteiger partial charge on any atom is 0.251 e. The van der Waals surface area contributed by atoms with Gasteiger partial charge >= 0.3 is 0 Å². The van der Waals surface area contributed by atoms with Crippen LogP contribution in [0.3, 0.4) is 0 Å². The molecule has 4 heteroatoms. The average molecular weight is 325 g/mol. The van der Waals surface area contributed by atoms with E-state index >= 15 is 0 Å². The molecule has 1 fully saturated rings. The maximum absolute atomic E-state index is 12.3.